The molecule has 6 nitrogen and oxygen atoms in total. The molecule has 1 saturated heterocycles. The molecule has 0 spiro atoms. The lowest BCUT2D eigenvalue weighted by atomic mass is 9.89. The minimum absolute atomic E-state index is 0.0104. The summed E-state index contributed by atoms with van der Waals surface area (Å²) in [5.41, 5.74) is 2.46. The number of nitrogens with one attached hydrogen (secondary N) is 1. The van der Waals surface area contributed by atoms with E-state index in [9.17, 15) is 4.79 Å². The Labute approximate surface area is 161 Å². The molecule has 0 aliphatic carbocycles. The molecule has 0 saturated carbocycles. The van der Waals surface area contributed by atoms with E-state index in [0.717, 1.165) is 49.1 Å². The van der Waals surface area contributed by atoms with E-state index < -0.39 is 0 Å². The molecule has 146 valence electrons. The molecule has 2 aromatic rings. The van der Waals surface area contributed by atoms with Gasteiger partial charge in [0.2, 0.25) is 0 Å². The van der Waals surface area contributed by atoms with E-state index in [1.807, 2.05) is 32.4 Å². The van der Waals surface area contributed by atoms with Crippen molar-refractivity contribution in [3.8, 4) is 0 Å². The number of fused-ring (bicyclic) bond motifs is 1. The molecule has 0 aromatic carbocycles. The second kappa shape index (κ2) is 8.31. The first-order valence-electron chi connectivity index (χ1n) is 9.61. The predicted octanol–water partition coefficient (Wildman–Crippen LogP) is 2.84. The summed E-state index contributed by atoms with van der Waals surface area (Å²) in [4.78, 5) is 23.8. The van der Waals surface area contributed by atoms with E-state index in [1.165, 1.54) is 0 Å². The van der Waals surface area contributed by atoms with Crippen molar-refractivity contribution in [1.82, 2.24) is 20.2 Å². The van der Waals surface area contributed by atoms with Crippen LogP contribution in [0.5, 0.6) is 0 Å². The maximum atomic E-state index is 12.8. The van der Waals surface area contributed by atoms with Gasteiger partial charge in [-0.15, -0.1) is 0 Å². The van der Waals surface area contributed by atoms with E-state index in [1.54, 1.807) is 6.20 Å². The number of ether oxygens (including phenoxy) is 1. The molecule has 3 rings (SSSR count). The highest BCUT2D eigenvalue weighted by atomic mass is 16.5. The van der Waals surface area contributed by atoms with Crippen molar-refractivity contribution in [2.24, 2.45) is 5.41 Å². The summed E-state index contributed by atoms with van der Waals surface area (Å²) in [5, 5.41) is 4.11. The molecule has 2 aromatic heterocycles. The summed E-state index contributed by atoms with van der Waals surface area (Å²) in [7, 11) is 4.09. The molecule has 1 fully saturated rings. The van der Waals surface area contributed by atoms with Crippen molar-refractivity contribution in [2.45, 2.75) is 32.6 Å². The number of hydrogen-bond donors (Lipinski definition) is 1. The smallest absolute Gasteiger partial charge is 0.269 e. The third-order valence-corrected chi connectivity index (χ3v) is 5.01. The maximum Gasteiger partial charge on any atom is 0.269 e. The average Bonchev–Trinajstić information content (AvgIpc) is 2.65. The van der Waals surface area contributed by atoms with Crippen LogP contribution in [0, 0.1) is 5.41 Å². The van der Waals surface area contributed by atoms with Gasteiger partial charge in [0.1, 0.15) is 5.69 Å². The lowest BCUT2D eigenvalue weighted by Crippen LogP contribution is -2.40. The molecule has 0 bridgehead atoms. The van der Waals surface area contributed by atoms with Gasteiger partial charge in [-0.05, 0) is 56.0 Å². The van der Waals surface area contributed by atoms with E-state index >= 15 is 0 Å². The van der Waals surface area contributed by atoms with E-state index in [-0.39, 0.29) is 11.3 Å². The molecule has 0 atom stereocenters. The first kappa shape index (κ1) is 19.7. The third kappa shape index (κ3) is 5.02. The van der Waals surface area contributed by atoms with E-state index in [4.69, 9.17) is 4.74 Å². The number of rotatable bonds is 6. The summed E-state index contributed by atoms with van der Waals surface area (Å²) in [6.07, 6.45) is 5.51. The normalized spacial score (nSPS) is 16.0. The van der Waals surface area contributed by atoms with Gasteiger partial charge >= 0.3 is 0 Å². The zero-order valence-corrected chi connectivity index (χ0v) is 16.8. The minimum atomic E-state index is -0.117. The van der Waals surface area contributed by atoms with Gasteiger partial charge in [-0.2, -0.15) is 0 Å². The Kier molecular flexibility index (Phi) is 6.07. The highest BCUT2D eigenvalue weighted by Gasteiger charge is 2.23. The Bertz CT molecular complexity index is 798. The van der Waals surface area contributed by atoms with E-state index in [2.05, 4.69) is 34.0 Å². The molecule has 0 unspecified atom stereocenters. The number of pyridine rings is 2. The van der Waals surface area contributed by atoms with Gasteiger partial charge in [-0.25, -0.2) is 4.98 Å². The lowest BCUT2D eigenvalue weighted by Gasteiger charge is -2.28. The Hall–Kier alpha value is -2.05. The molecular weight excluding hydrogens is 340 g/mol. The van der Waals surface area contributed by atoms with Gasteiger partial charge in [0.25, 0.3) is 5.91 Å². The zero-order chi connectivity index (χ0) is 19.4. The first-order chi connectivity index (χ1) is 12.9. The summed E-state index contributed by atoms with van der Waals surface area (Å²) < 4.78 is 5.50. The predicted molar refractivity (Wildman–Crippen MR) is 107 cm³/mol. The third-order valence-electron chi connectivity index (χ3n) is 5.01. The Morgan fingerprint density at radius 3 is 2.78 bits per heavy atom. The average molecular weight is 370 g/mol. The van der Waals surface area contributed by atoms with Gasteiger partial charge in [0.15, 0.2) is 0 Å². The van der Waals surface area contributed by atoms with Crippen LogP contribution in [-0.4, -0.2) is 61.2 Å². The Morgan fingerprint density at radius 1 is 1.33 bits per heavy atom. The number of aromatic nitrogens is 2. The fourth-order valence-corrected chi connectivity index (χ4v) is 3.88. The quantitative estimate of drug-likeness (QED) is 0.847. The Morgan fingerprint density at radius 2 is 2.07 bits per heavy atom. The van der Waals surface area contributed by atoms with Crippen molar-refractivity contribution < 1.29 is 9.53 Å². The van der Waals surface area contributed by atoms with Crippen LogP contribution < -0.4 is 5.32 Å². The number of hydrogen-bond acceptors (Lipinski definition) is 5. The largest absolute Gasteiger partial charge is 0.381 e. The van der Waals surface area contributed by atoms with Crippen LogP contribution in [0.3, 0.4) is 0 Å². The molecule has 6 heteroatoms. The highest BCUT2D eigenvalue weighted by Crippen LogP contribution is 2.32. The number of amides is 1. The topological polar surface area (TPSA) is 67.4 Å². The van der Waals surface area contributed by atoms with Gasteiger partial charge in [-0.1, -0.05) is 13.8 Å². The molecule has 3 heterocycles. The van der Waals surface area contributed by atoms with Crippen LogP contribution in [0.25, 0.3) is 10.9 Å². The van der Waals surface area contributed by atoms with Crippen LogP contribution >= 0.6 is 0 Å². The molecule has 27 heavy (non-hydrogen) atoms. The van der Waals surface area contributed by atoms with Crippen molar-refractivity contribution in [3.05, 3.63) is 35.8 Å². The Balaban J connectivity index is 1.84. The summed E-state index contributed by atoms with van der Waals surface area (Å²) in [5.74, 6) is 0.263. The molecular formula is C21H30N4O2. The summed E-state index contributed by atoms with van der Waals surface area (Å²) in [6.45, 7) is 7.33. The maximum absolute atomic E-state index is 12.8. The van der Waals surface area contributed by atoms with Gasteiger partial charge < -0.3 is 15.0 Å². The second-order valence-electron chi connectivity index (χ2n) is 8.46. The molecule has 1 aliphatic heterocycles. The molecule has 1 amide bonds. The van der Waals surface area contributed by atoms with Crippen molar-refractivity contribution in [2.75, 3.05) is 40.4 Å². The van der Waals surface area contributed by atoms with E-state index in [0.29, 0.717) is 18.2 Å². The first-order valence-corrected chi connectivity index (χ1v) is 9.61. The highest BCUT2D eigenvalue weighted by molar-refractivity contribution is 5.96. The molecule has 1 aliphatic rings. The van der Waals surface area contributed by atoms with Crippen LogP contribution in [0.1, 0.15) is 48.7 Å². The molecule has 0 radical (unpaired) electrons. The monoisotopic (exact) mass is 370 g/mol. The van der Waals surface area contributed by atoms with Crippen LogP contribution in [0.4, 0.5) is 0 Å². The summed E-state index contributed by atoms with van der Waals surface area (Å²) >= 11 is 0. The number of nitrogens with zero attached hydrogens (tertiary/aromatic N) is 3. The van der Waals surface area contributed by atoms with Crippen molar-refractivity contribution in [3.63, 3.8) is 0 Å². The van der Waals surface area contributed by atoms with Gasteiger partial charge in [0.05, 0.1) is 5.52 Å². The van der Waals surface area contributed by atoms with Crippen LogP contribution in [0.15, 0.2) is 24.5 Å². The van der Waals surface area contributed by atoms with Crippen molar-refractivity contribution in [1.29, 1.82) is 0 Å². The minimum Gasteiger partial charge on any atom is -0.381 e. The van der Waals surface area contributed by atoms with Gasteiger partial charge in [-0.3, -0.25) is 9.78 Å². The second-order valence-corrected chi connectivity index (χ2v) is 8.46. The summed E-state index contributed by atoms with van der Waals surface area (Å²) in [6, 6.07) is 3.83. The van der Waals surface area contributed by atoms with Crippen molar-refractivity contribution >= 4 is 16.8 Å². The van der Waals surface area contributed by atoms with Crippen LogP contribution in [0.2, 0.25) is 0 Å². The SMILES string of the molecule is CN(C)CC(C)(C)CNC(=O)c1cc(C2CCOCC2)c2cnccc2n1. The molecule has 1 N–H and O–H groups in total. The zero-order valence-electron chi connectivity index (χ0n) is 16.8. The number of carbonyl (C=O) groups is 1. The standard InChI is InChI=1S/C21H30N4O2/c1-21(2,14-25(3)4)13-23-20(26)19-11-16(15-6-9-27-10-7-15)17-12-22-8-5-18(17)24-19/h5,8,11-12,15H,6-7,9-10,13-14H2,1-4H3,(H,23,26). The fourth-order valence-electron chi connectivity index (χ4n) is 3.88. The lowest BCUT2D eigenvalue weighted by molar-refractivity contribution is 0.0855. The van der Waals surface area contributed by atoms with Crippen LogP contribution in [-0.2, 0) is 4.74 Å². The van der Waals surface area contributed by atoms with Gasteiger partial charge in [0, 0.05) is 44.1 Å². The fraction of sp³-hybridized carbons (Fsp3) is 0.571. The number of carbonyl (C=O) groups excluding carboxylic acids is 1.